The SMILES string of the molecule is CCc1nc(N)c2c(-c3ccc(N)cc3C)cn(C)c2n1. The second-order valence-electron chi connectivity index (χ2n) is 5.31. The number of nitrogen functional groups attached to an aromatic ring is 2. The molecule has 0 radical (unpaired) electrons. The Balaban J connectivity index is 2.33. The predicted octanol–water partition coefficient (Wildman–Crippen LogP) is 2.67. The lowest BCUT2D eigenvalue weighted by atomic mass is 10.0. The van der Waals surface area contributed by atoms with Crippen LogP contribution in [0.2, 0.25) is 0 Å². The molecule has 21 heavy (non-hydrogen) atoms. The molecule has 5 heteroatoms. The number of aryl methyl sites for hydroxylation is 3. The number of anilines is 2. The first-order chi connectivity index (χ1) is 10.0. The molecule has 0 saturated heterocycles. The molecule has 0 unspecified atom stereocenters. The largest absolute Gasteiger partial charge is 0.399 e. The van der Waals surface area contributed by atoms with Crippen LogP contribution in [-0.4, -0.2) is 14.5 Å². The van der Waals surface area contributed by atoms with E-state index >= 15 is 0 Å². The second kappa shape index (κ2) is 4.77. The molecular formula is C16H19N5. The van der Waals surface area contributed by atoms with Crippen molar-refractivity contribution < 1.29 is 0 Å². The van der Waals surface area contributed by atoms with E-state index in [4.69, 9.17) is 11.5 Å². The molecule has 0 fully saturated rings. The number of nitrogens with zero attached hydrogens (tertiary/aromatic N) is 3. The van der Waals surface area contributed by atoms with Crippen molar-refractivity contribution in [3.05, 3.63) is 35.8 Å². The van der Waals surface area contributed by atoms with Gasteiger partial charge in [-0.2, -0.15) is 0 Å². The molecule has 108 valence electrons. The third-order valence-corrected chi connectivity index (χ3v) is 3.75. The topological polar surface area (TPSA) is 82.7 Å². The van der Waals surface area contributed by atoms with Gasteiger partial charge in [0.25, 0.3) is 0 Å². The van der Waals surface area contributed by atoms with Crippen LogP contribution in [0.5, 0.6) is 0 Å². The first kappa shape index (κ1) is 13.4. The van der Waals surface area contributed by atoms with Gasteiger partial charge in [0.2, 0.25) is 0 Å². The van der Waals surface area contributed by atoms with E-state index in [0.717, 1.165) is 45.7 Å². The molecule has 0 aliphatic rings. The van der Waals surface area contributed by atoms with Crippen LogP contribution in [0, 0.1) is 6.92 Å². The van der Waals surface area contributed by atoms with E-state index < -0.39 is 0 Å². The van der Waals surface area contributed by atoms with Crippen molar-refractivity contribution in [1.82, 2.24) is 14.5 Å². The van der Waals surface area contributed by atoms with Crippen molar-refractivity contribution in [2.75, 3.05) is 11.5 Å². The number of hydrogen-bond acceptors (Lipinski definition) is 4. The van der Waals surface area contributed by atoms with Gasteiger partial charge in [-0.25, -0.2) is 9.97 Å². The number of nitrogens with two attached hydrogens (primary N) is 2. The summed E-state index contributed by atoms with van der Waals surface area (Å²) in [5, 5.41) is 0.905. The van der Waals surface area contributed by atoms with Gasteiger partial charge in [0.05, 0.1) is 5.39 Å². The van der Waals surface area contributed by atoms with Crippen LogP contribution in [0.3, 0.4) is 0 Å². The van der Waals surface area contributed by atoms with Crippen molar-refractivity contribution in [1.29, 1.82) is 0 Å². The van der Waals surface area contributed by atoms with Crippen LogP contribution >= 0.6 is 0 Å². The normalized spacial score (nSPS) is 11.2. The summed E-state index contributed by atoms with van der Waals surface area (Å²) in [7, 11) is 1.98. The highest BCUT2D eigenvalue weighted by Crippen LogP contribution is 2.34. The predicted molar refractivity (Wildman–Crippen MR) is 86.9 cm³/mol. The van der Waals surface area contributed by atoms with Gasteiger partial charge in [-0.05, 0) is 30.2 Å². The summed E-state index contributed by atoms with van der Waals surface area (Å²) in [6.07, 6.45) is 2.81. The standard InChI is InChI=1S/C16H19N5/c1-4-13-19-15(18)14-12(8-21(3)16(14)20-13)11-6-5-10(17)7-9(11)2/h5-8H,4,17H2,1-3H3,(H2,18,19,20). The summed E-state index contributed by atoms with van der Waals surface area (Å²) in [4.78, 5) is 8.99. The third kappa shape index (κ3) is 2.11. The molecule has 0 aliphatic heterocycles. The number of benzene rings is 1. The highest BCUT2D eigenvalue weighted by Gasteiger charge is 2.16. The molecular weight excluding hydrogens is 262 g/mol. The molecule has 3 rings (SSSR count). The Morgan fingerprint density at radius 3 is 2.57 bits per heavy atom. The fraction of sp³-hybridized carbons (Fsp3) is 0.250. The molecule has 0 bridgehead atoms. The van der Waals surface area contributed by atoms with Gasteiger partial charge >= 0.3 is 0 Å². The van der Waals surface area contributed by atoms with Crippen molar-refractivity contribution in [3.8, 4) is 11.1 Å². The molecule has 5 nitrogen and oxygen atoms in total. The van der Waals surface area contributed by atoms with Gasteiger partial charge in [0.1, 0.15) is 17.3 Å². The molecule has 0 saturated carbocycles. The number of hydrogen-bond donors (Lipinski definition) is 2. The summed E-state index contributed by atoms with van der Waals surface area (Å²) < 4.78 is 2.00. The molecule has 1 aromatic carbocycles. The van der Waals surface area contributed by atoms with Gasteiger partial charge in [0.15, 0.2) is 0 Å². The maximum atomic E-state index is 6.17. The van der Waals surface area contributed by atoms with E-state index in [-0.39, 0.29) is 0 Å². The van der Waals surface area contributed by atoms with E-state index in [1.807, 2.05) is 49.9 Å². The first-order valence-electron chi connectivity index (χ1n) is 6.99. The maximum Gasteiger partial charge on any atom is 0.146 e. The zero-order valence-electron chi connectivity index (χ0n) is 12.5. The second-order valence-corrected chi connectivity index (χ2v) is 5.31. The van der Waals surface area contributed by atoms with Crippen molar-refractivity contribution in [3.63, 3.8) is 0 Å². The fourth-order valence-electron chi connectivity index (χ4n) is 2.70. The summed E-state index contributed by atoms with van der Waals surface area (Å²) in [5.41, 5.74) is 16.9. The summed E-state index contributed by atoms with van der Waals surface area (Å²) in [6, 6.07) is 5.89. The Labute approximate surface area is 123 Å². The van der Waals surface area contributed by atoms with E-state index in [1.54, 1.807) is 0 Å². The summed E-state index contributed by atoms with van der Waals surface area (Å²) in [5.74, 6) is 1.30. The smallest absolute Gasteiger partial charge is 0.146 e. The Morgan fingerprint density at radius 2 is 1.90 bits per heavy atom. The zero-order valence-corrected chi connectivity index (χ0v) is 12.5. The minimum absolute atomic E-state index is 0.531. The molecule has 0 spiro atoms. The Hall–Kier alpha value is -2.56. The molecule has 0 amide bonds. The Bertz CT molecular complexity index is 832. The van der Waals surface area contributed by atoms with E-state index in [0.29, 0.717) is 5.82 Å². The minimum atomic E-state index is 0.531. The lowest BCUT2D eigenvalue weighted by Gasteiger charge is -2.07. The highest BCUT2D eigenvalue weighted by molar-refractivity contribution is 6.01. The van der Waals surface area contributed by atoms with E-state index in [9.17, 15) is 0 Å². The molecule has 0 aliphatic carbocycles. The monoisotopic (exact) mass is 281 g/mol. The van der Waals surface area contributed by atoms with Crippen LogP contribution < -0.4 is 11.5 Å². The number of aromatic nitrogens is 3. The quantitative estimate of drug-likeness (QED) is 0.707. The van der Waals surface area contributed by atoms with Gasteiger partial charge in [-0.1, -0.05) is 13.0 Å². The van der Waals surface area contributed by atoms with Crippen LogP contribution in [0.15, 0.2) is 24.4 Å². The Kier molecular flexibility index (Phi) is 3.05. The van der Waals surface area contributed by atoms with Crippen LogP contribution in [0.1, 0.15) is 18.3 Å². The molecule has 2 aromatic heterocycles. The van der Waals surface area contributed by atoms with Crippen molar-refractivity contribution in [2.24, 2.45) is 7.05 Å². The van der Waals surface area contributed by atoms with E-state index in [2.05, 4.69) is 9.97 Å². The van der Waals surface area contributed by atoms with Crippen LogP contribution in [0.25, 0.3) is 22.2 Å². The summed E-state index contributed by atoms with van der Waals surface area (Å²) >= 11 is 0. The minimum Gasteiger partial charge on any atom is -0.399 e. The van der Waals surface area contributed by atoms with Crippen LogP contribution in [0.4, 0.5) is 11.5 Å². The van der Waals surface area contributed by atoms with Crippen molar-refractivity contribution >= 4 is 22.5 Å². The molecule has 4 N–H and O–H groups in total. The third-order valence-electron chi connectivity index (χ3n) is 3.75. The van der Waals surface area contributed by atoms with Gasteiger partial charge in [-0.3, -0.25) is 0 Å². The van der Waals surface area contributed by atoms with Gasteiger partial charge < -0.3 is 16.0 Å². The zero-order chi connectivity index (χ0) is 15.1. The lowest BCUT2D eigenvalue weighted by Crippen LogP contribution is -2.01. The highest BCUT2D eigenvalue weighted by atomic mass is 15.1. The number of fused-ring (bicyclic) bond motifs is 1. The van der Waals surface area contributed by atoms with Crippen molar-refractivity contribution in [2.45, 2.75) is 20.3 Å². The maximum absolute atomic E-state index is 6.17. The molecule has 2 heterocycles. The number of rotatable bonds is 2. The van der Waals surface area contributed by atoms with Gasteiger partial charge in [0, 0.05) is 30.9 Å². The van der Waals surface area contributed by atoms with E-state index in [1.165, 1.54) is 0 Å². The Morgan fingerprint density at radius 1 is 1.14 bits per heavy atom. The first-order valence-corrected chi connectivity index (χ1v) is 6.99. The average molecular weight is 281 g/mol. The fourth-order valence-corrected chi connectivity index (χ4v) is 2.70. The summed E-state index contributed by atoms with van der Waals surface area (Å²) in [6.45, 7) is 4.07. The average Bonchev–Trinajstić information content (AvgIpc) is 2.76. The van der Waals surface area contributed by atoms with Crippen LogP contribution in [-0.2, 0) is 13.5 Å². The molecule has 0 atom stereocenters. The van der Waals surface area contributed by atoms with Gasteiger partial charge in [-0.15, -0.1) is 0 Å². The lowest BCUT2D eigenvalue weighted by molar-refractivity contribution is 0.906. The molecule has 3 aromatic rings.